The zero-order valence-electron chi connectivity index (χ0n) is 13.0. The highest BCUT2D eigenvalue weighted by molar-refractivity contribution is 5.32. The van der Waals surface area contributed by atoms with E-state index in [2.05, 4.69) is 37.1 Å². The van der Waals surface area contributed by atoms with Crippen molar-refractivity contribution in [2.24, 2.45) is 0 Å². The number of nitrogens with one attached hydrogen (secondary N) is 1. The lowest BCUT2D eigenvalue weighted by Crippen LogP contribution is -2.22. The van der Waals surface area contributed by atoms with E-state index in [1.165, 1.54) is 11.6 Å². The van der Waals surface area contributed by atoms with Crippen LogP contribution in [0.2, 0.25) is 0 Å². The van der Waals surface area contributed by atoms with Crippen LogP contribution < -0.4 is 5.32 Å². The molecule has 0 radical (unpaired) electrons. The lowest BCUT2D eigenvalue weighted by Gasteiger charge is -2.13. The summed E-state index contributed by atoms with van der Waals surface area (Å²) >= 11 is 0. The molecule has 0 unspecified atom stereocenters. The summed E-state index contributed by atoms with van der Waals surface area (Å²) < 4.78 is 13.5. The van der Waals surface area contributed by atoms with E-state index in [9.17, 15) is 4.39 Å². The molecule has 21 heavy (non-hydrogen) atoms. The first-order valence-electron chi connectivity index (χ1n) is 7.53. The van der Waals surface area contributed by atoms with E-state index in [-0.39, 0.29) is 5.82 Å². The molecule has 0 aliphatic rings. The fourth-order valence-corrected chi connectivity index (χ4v) is 2.21. The molecular formula is C18H23FN2. The lowest BCUT2D eigenvalue weighted by atomic mass is 10.0. The molecule has 0 spiro atoms. The molecular weight excluding hydrogens is 263 g/mol. The highest BCUT2D eigenvalue weighted by Gasteiger charge is 2.07. The van der Waals surface area contributed by atoms with Crippen LogP contribution in [0.5, 0.6) is 0 Å². The Morgan fingerprint density at radius 2 is 1.95 bits per heavy atom. The molecule has 0 atom stereocenters. The molecule has 2 rings (SSSR count). The van der Waals surface area contributed by atoms with Gasteiger partial charge in [0.1, 0.15) is 5.82 Å². The topological polar surface area (TPSA) is 24.9 Å². The highest BCUT2D eigenvalue weighted by Crippen LogP contribution is 2.16. The molecule has 1 N–H and O–H groups in total. The van der Waals surface area contributed by atoms with E-state index < -0.39 is 0 Å². The van der Waals surface area contributed by atoms with Crippen LogP contribution in [0.25, 0.3) is 0 Å². The van der Waals surface area contributed by atoms with Gasteiger partial charge in [-0.05, 0) is 41.3 Å². The van der Waals surface area contributed by atoms with Gasteiger partial charge in [0.2, 0.25) is 0 Å². The van der Waals surface area contributed by atoms with Crippen molar-refractivity contribution < 1.29 is 4.39 Å². The molecule has 0 saturated heterocycles. The summed E-state index contributed by atoms with van der Waals surface area (Å²) in [4.78, 5) is 4.47. The van der Waals surface area contributed by atoms with Gasteiger partial charge in [-0.1, -0.05) is 32.9 Å². The number of benzene rings is 1. The summed E-state index contributed by atoms with van der Waals surface area (Å²) in [5.74, 6) is -0.191. The fourth-order valence-electron chi connectivity index (χ4n) is 2.21. The molecule has 0 amide bonds. The van der Waals surface area contributed by atoms with Gasteiger partial charge in [0.25, 0.3) is 0 Å². The molecule has 1 heterocycles. The van der Waals surface area contributed by atoms with Crippen molar-refractivity contribution in [2.75, 3.05) is 0 Å². The zero-order chi connectivity index (χ0) is 15.2. The predicted octanol–water partition coefficient (Wildman–Crippen LogP) is 3.87. The summed E-state index contributed by atoms with van der Waals surface area (Å²) in [5, 5.41) is 3.38. The predicted molar refractivity (Wildman–Crippen MR) is 84.8 cm³/mol. The smallest absolute Gasteiger partial charge is 0.123 e. The first kappa shape index (κ1) is 15.6. The van der Waals surface area contributed by atoms with Crippen LogP contribution in [0.4, 0.5) is 4.39 Å². The molecule has 0 saturated carbocycles. The number of halogens is 1. The summed E-state index contributed by atoms with van der Waals surface area (Å²) in [6.07, 6.45) is 3.55. The van der Waals surface area contributed by atoms with Crippen molar-refractivity contribution in [3.05, 3.63) is 64.7 Å². The van der Waals surface area contributed by atoms with Crippen LogP contribution in [0.15, 0.2) is 36.5 Å². The number of pyridine rings is 1. The maximum atomic E-state index is 13.5. The molecule has 1 aromatic carbocycles. The molecule has 3 heteroatoms. The Labute approximate surface area is 126 Å². The first-order chi connectivity index (χ1) is 10.1. The van der Waals surface area contributed by atoms with Gasteiger partial charge >= 0.3 is 0 Å². The number of rotatable bonds is 6. The second-order valence-electron chi connectivity index (χ2n) is 5.64. The Bertz CT molecular complexity index is 576. The van der Waals surface area contributed by atoms with Gasteiger partial charge in [0.05, 0.1) is 0 Å². The van der Waals surface area contributed by atoms with E-state index in [0.29, 0.717) is 12.5 Å². The van der Waals surface area contributed by atoms with Gasteiger partial charge in [-0.15, -0.1) is 0 Å². The van der Waals surface area contributed by atoms with E-state index in [4.69, 9.17) is 0 Å². The maximum Gasteiger partial charge on any atom is 0.123 e. The SMILES string of the molecule is CCc1ccc(Cc2cc(F)ccc2CNC(C)C)nc1. The van der Waals surface area contributed by atoms with Gasteiger partial charge in [0.15, 0.2) is 0 Å². The highest BCUT2D eigenvalue weighted by atomic mass is 19.1. The maximum absolute atomic E-state index is 13.5. The van der Waals surface area contributed by atoms with Crippen molar-refractivity contribution in [3.63, 3.8) is 0 Å². The molecule has 0 fully saturated rings. The monoisotopic (exact) mass is 286 g/mol. The number of aryl methyl sites for hydroxylation is 1. The van der Waals surface area contributed by atoms with Crippen LogP contribution >= 0.6 is 0 Å². The van der Waals surface area contributed by atoms with Crippen LogP contribution in [0.3, 0.4) is 0 Å². The first-order valence-corrected chi connectivity index (χ1v) is 7.53. The number of aromatic nitrogens is 1. The van der Waals surface area contributed by atoms with Crippen LogP contribution in [0.1, 0.15) is 43.2 Å². The Hall–Kier alpha value is -1.74. The minimum absolute atomic E-state index is 0.191. The zero-order valence-corrected chi connectivity index (χ0v) is 13.0. The van der Waals surface area contributed by atoms with Crippen molar-refractivity contribution in [3.8, 4) is 0 Å². The van der Waals surface area contributed by atoms with Gasteiger partial charge < -0.3 is 5.32 Å². The summed E-state index contributed by atoms with van der Waals surface area (Å²) in [5.41, 5.74) is 4.33. The Morgan fingerprint density at radius 1 is 1.14 bits per heavy atom. The third kappa shape index (κ3) is 4.64. The van der Waals surface area contributed by atoms with Gasteiger partial charge in [-0.25, -0.2) is 4.39 Å². The molecule has 0 aliphatic heterocycles. The number of hydrogen-bond donors (Lipinski definition) is 1. The third-order valence-electron chi connectivity index (χ3n) is 3.53. The van der Waals surface area contributed by atoms with Crippen LogP contribution in [0, 0.1) is 5.82 Å². The molecule has 112 valence electrons. The van der Waals surface area contributed by atoms with Crippen molar-refractivity contribution in [1.29, 1.82) is 0 Å². The number of hydrogen-bond acceptors (Lipinski definition) is 2. The van der Waals surface area contributed by atoms with Crippen molar-refractivity contribution in [1.82, 2.24) is 10.3 Å². The van der Waals surface area contributed by atoms with Crippen LogP contribution in [-0.2, 0) is 19.4 Å². The van der Waals surface area contributed by atoms with Gasteiger partial charge in [0, 0.05) is 30.9 Å². The second-order valence-corrected chi connectivity index (χ2v) is 5.64. The molecule has 2 nitrogen and oxygen atoms in total. The average Bonchev–Trinajstić information content (AvgIpc) is 2.47. The summed E-state index contributed by atoms with van der Waals surface area (Å²) in [7, 11) is 0. The molecule has 0 aliphatic carbocycles. The number of nitrogens with zero attached hydrogens (tertiary/aromatic N) is 1. The minimum atomic E-state index is -0.191. The second kappa shape index (κ2) is 7.32. The van der Waals surface area contributed by atoms with E-state index in [1.807, 2.05) is 18.3 Å². The standard InChI is InChI=1S/C18H23FN2/c1-4-14-5-8-18(21-11-14)10-16-9-17(19)7-6-15(16)12-20-13(2)3/h5-9,11,13,20H,4,10,12H2,1-3H3. The van der Waals surface area contributed by atoms with Gasteiger partial charge in [-0.3, -0.25) is 4.98 Å². The van der Waals surface area contributed by atoms with E-state index in [0.717, 1.165) is 29.8 Å². The third-order valence-corrected chi connectivity index (χ3v) is 3.53. The molecule has 1 aromatic heterocycles. The Morgan fingerprint density at radius 3 is 2.57 bits per heavy atom. The van der Waals surface area contributed by atoms with E-state index in [1.54, 1.807) is 6.07 Å². The molecule has 2 aromatic rings. The van der Waals surface area contributed by atoms with Gasteiger partial charge in [-0.2, -0.15) is 0 Å². The molecule has 0 bridgehead atoms. The quantitative estimate of drug-likeness (QED) is 0.872. The van der Waals surface area contributed by atoms with Crippen LogP contribution in [-0.4, -0.2) is 11.0 Å². The minimum Gasteiger partial charge on any atom is -0.310 e. The Balaban J connectivity index is 2.18. The van der Waals surface area contributed by atoms with E-state index >= 15 is 0 Å². The normalized spacial score (nSPS) is 11.1. The Kier molecular flexibility index (Phi) is 5.45. The summed E-state index contributed by atoms with van der Waals surface area (Å²) in [6, 6.07) is 9.53. The van der Waals surface area contributed by atoms with Crippen molar-refractivity contribution >= 4 is 0 Å². The lowest BCUT2D eigenvalue weighted by molar-refractivity contribution is 0.583. The fraction of sp³-hybridized carbons (Fsp3) is 0.389. The van der Waals surface area contributed by atoms with Crippen molar-refractivity contribution in [2.45, 2.75) is 46.2 Å². The summed E-state index contributed by atoms with van der Waals surface area (Å²) in [6.45, 7) is 7.07. The largest absolute Gasteiger partial charge is 0.310 e. The average molecular weight is 286 g/mol.